The summed E-state index contributed by atoms with van der Waals surface area (Å²) in [5.41, 5.74) is 8.86. The van der Waals surface area contributed by atoms with Gasteiger partial charge in [0.1, 0.15) is 23.7 Å². The number of nitrogens with two attached hydrogens (primary N) is 1. The van der Waals surface area contributed by atoms with Gasteiger partial charge >= 0.3 is 0 Å². The number of nitrogens with zero attached hydrogens (tertiary/aromatic N) is 2. The molecule has 1 aromatic carbocycles. The molecule has 0 aliphatic carbocycles. The van der Waals surface area contributed by atoms with Crippen molar-refractivity contribution in [2.75, 3.05) is 19.8 Å². The van der Waals surface area contributed by atoms with Crippen LogP contribution in [0.1, 0.15) is 57.4 Å². The highest BCUT2D eigenvalue weighted by atomic mass is 35.5. The number of halogens is 2. The van der Waals surface area contributed by atoms with Crippen LogP contribution in [0.5, 0.6) is 5.75 Å². The van der Waals surface area contributed by atoms with Gasteiger partial charge in [0.15, 0.2) is 0 Å². The summed E-state index contributed by atoms with van der Waals surface area (Å²) in [6, 6.07) is 5.62. The molecular weight excluding hydrogens is 465 g/mol. The molecule has 2 atom stereocenters. The van der Waals surface area contributed by atoms with Crippen molar-refractivity contribution in [3.05, 3.63) is 64.5 Å². The van der Waals surface area contributed by atoms with E-state index in [-0.39, 0.29) is 12.6 Å². The topological polar surface area (TPSA) is 69.2 Å². The number of rotatable bonds is 8. The molecule has 3 aliphatic heterocycles. The third-order valence-electron chi connectivity index (χ3n) is 6.64. The van der Waals surface area contributed by atoms with Crippen LogP contribution < -0.4 is 10.5 Å². The summed E-state index contributed by atoms with van der Waals surface area (Å²) in [6.45, 7) is 3.64. The molecule has 3 heterocycles. The first-order valence-corrected chi connectivity index (χ1v) is 13.1. The van der Waals surface area contributed by atoms with Crippen molar-refractivity contribution in [2.24, 2.45) is 21.6 Å². The summed E-state index contributed by atoms with van der Waals surface area (Å²) >= 11 is 6.39. The second-order valence-corrected chi connectivity index (χ2v) is 9.67. The van der Waals surface area contributed by atoms with Crippen molar-refractivity contribution in [3.63, 3.8) is 0 Å². The molecule has 4 rings (SSSR count). The number of hydrogen-bond acceptors (Lipinski definition) is 5. The Morgan fingerprint density at radius 2 is 2.11 bits per heavy atom. The first-order chi connectivity index (χ1) is 17.1. The highest BCUT2D eigenvalue weighted by molar-refractivity contribution is 6.31. The number of benzene rings is 1. The Balaban J connectivity index is 1.65. The maximum absolute atomic E-state index is 14.3. The largest absolute Gasteiger partial charge is 0.459 e. The van der Waals surface area contributed by atoms with E-state index in [1.165, 1.54) is 0 Å². The van der Waals surface area contributed by atoms with E-state index in [1.54, 1.807) is 12.3 Å². The highest BCUT2D eigenvalue weighted by Crippen LogP contribution is 2.33. The molecule has 35 heavy (non-hydrogen) atoms. The number of hydrogen-bond donors (Lipinski definition) is 1. The van der Waals surface area contributed by atoms with Crippen LogP contribution in [0.3, 0.4) is 0 Å². The second-order valence-electron chi connectivity index (χ2n) is 9.24. The van der Waals surface area contributed by atoms with Crippen LogP contribution in [-0.2, 0) is 4.74 Å². The van der Waals surface area contributed by atoms with Crippen molar-refractivity contribution in [3.8, 4) is 5.75 Å². The summed E-state index contributed by atoms with van der Waals surface area (Å²) in [7, 11) is 0. The Morgan fingerprint density at radius 3 is 2.89 bits per heavy atom. The lowest BCUT2D eigenvalue weighted by Gasteiger charge is -2.21. The lowest BCUT2D eigenvalue weighted by Crippen LogP contribution is -2.21. The summed E-state index contributed by atoms with van der Waals surface area (Å²) in [4.78, 5) is 9.73. The van der Waals surface area contributed by atoms with Crippen LogP contribution in [0.4, 0.5) is 4.39 Å². The summed E-state index contributed by atoms with van der Waals surface area (Å²) in [6.07, 6.45) is 12.6. The van der Waals surface area contributed by atoms with Crippen LogP contribution in [0.25, 0.3) is 0 Å². The van der Waals surface area contributed by atoms with Gasteiger partial charge in [0.05, 0.1) is 5.71 Å². The molecule has 0 amide bonds. The van der Waals surface area contributed by atoms with E-state index in [4.69, 9.17) is 36.8 Å². The Hall–Kier alpha value is -2.28. The van der Waals surface area contributed by atoms with E-state index in [9.17, 15) is 4.39 Å². The van der Waals surface area contributed by atoms with Crippen molar-refractivity contribution in [1.29, 1.82) is 0 Å². The van der Waals surface area contributed by atoms with Gasteiger partial charge in [-0.1, -0.05) is 37.1 Å². The summed E-state index contributed by atoms with van der Waals surface area (Å²) in [5, 5.41) is 0.591. The monoisotopic (exact) mass is 499 g/mol. The average molecular weight is 500 g/mol. The van der Waals surface area contributed by atoms with Crippen LogP contribution >= 0.6 is 11.6 Å². The standard InChI is InChI=1S/C28H35ClFN3O2/c1-2-6-25-28(16-26(33-25)19-11-13-34-14-12-19)35-27-15-21(29)9-10-22(27)24-8-5-3-4-7-20(18-32-24)23(30)17-31/h4,7,9-10,15-16,18-19,23,25H,2-3,5-6,8,11-14,17,31H2,1H3/b7-4-,20-18+,32-24+/t23-,25?/m0/s1. The van der Waals surface area contributed by atoms with Gasteiger partial charge in [-0.25, -0.2) is 4.39 Å². The van der Waals surface area contributed by atoms with Gasteiger partial charge < -0.3 is 15.2 Å². The van der Waals surface area contributed by atoms with E-state index < -0.39 is 6.17 Å². The fraction of sp³-hybridized carbons (Fsp3) is 0.500. The Bertz CT molecular complexity index is 1040. The zero-order valence-electron chi connectivity index (χ0n) is 20.4. The zero-order chi connectivity index (χ0) is 24.6. The molecule has 7 heteroatoms. The molecule has 3 aliphatic rings. The first-order valence-electron chi connectivity index (χ1n) is 12.7. The third-order valence-corrected chi connectivity index (χ3v) is 6.88. The Kier molecular flexibility index (Phi) is 9.30. The number of ether oxygens (including phenoxy) is 2. The van der Waals surface area contributed by atoms with Gasteiger partial charge in [-0.15, -0.1) is 0 Å². The summed E-state index contributed by atoms with van der Waals surface area (Å²) < 4.78 is 26.4. The van der Waals surface area contributed by atoms with Gasteiger partial charge in [0.2, 0.25) is 0 Å². The normalized spacial score (nSPS) is 26.2. The van der Waals surface area contributed by atoms with E-state index >= 15 is 0 Å². The predicted octanol–water partition coefficient (Wildman–Crippen LogP) is 6.36. The van der Waals surface area contributed by atoms with E-state index in [0.717, 1.165) is 80.9 Å². The maximum Gasteiger partial charge on any atom is 0.139 e. The maximum atomic E-state index is 14.3. The number of alkyl halides is 1. The SMILES string of the molecule is CCCC1N=C(C2CCOCC2)C=C1Oc1cc(Cl)ccc1/C1=N/C=C([C@@H](F)CN)\C=C/CCC1. The molecule has 1 unspecified atom stereocenters. The number of aliphatic imine (C=N–C) groups is 2. The van der Waals surface area contributed by atoms with Crippen LogP contribution in [0.2, 0.25) is 5.02 Å². The molecule has 0 spiro atoms. The lowest BCUT2D eigenvalue weighted by atomic mass is 9.95. The van der Waals surface area contributed by atoms with Crippen LogP contribution in [-0.4, -0.2) is 43.4 Å². The molecule has 0 radical (unpaired) electrons. The average Bonchev–Trinajstić information content (AvgIpc) is 3.31. The smallest absolute Gasteiger partial charge is 0.139 e. The molecule has 1 saturated heterocycles. The van der Waals surface area contributed by atoms with Crippen molar-refractivity contribution in [2.45, 2.75) is 64.1 Å². The molecule has 0 aromatic heterocycles. The Labute approximate surface area is 212 Å². The van der Waals surface area contributed by atoms with E-state index in [1.807, 2.05) is 24.3 Å². The van der Waals surface area contributed by atoms with Crippen molar-refractivity contribution in [1.82, 2.24) is 0 Å². The minimum Gasteiger partial charge on any atom is -0.459 e. The molecule has 1 aromatic rings. The second kappa shape index (κ2) is 12.6. The van der Waals surface area contributed by atoms with Gasteiger partial charge in [0.25, 0.3) is 0 Å². The van der Waals surface area contributed by atoms with Gasteiger partial charge in [-0.2, -0.15) is 0 Å². The Morgan fingerprint density at radius 1 is 1.29 bits per heavy atom. The van der Waals surface area contributed by atoms with Crippen LogP contribution in [0, 0.1) is 5.92 Å². The van der Waals surface area contributed by atoms with E-state index in [0.29, 0.717) is 22.3 Å². The molecule has 0 bridgehead atoms. The van der Waals surface area contributed by atoms with Gasteiger partial charge in [-0.3, -0.25) is 9.98 Å². The quantitative estimate of drug-likeness (QED) is 0.452. The minimum atomic E-state index is -1.24. The molecule has 5 nitrogen and oxygen atoms in total. The fourth-order valence-corrected chi connectivity index (χ4v) is 4.82. The van der Waals surface area contributed by atoms with Crippen molar-refractivity contribution < 1.29 is 13.9 Å². The fourth-order valence-electron chi connectivity index (χ4n) is 4.66. The third kappa shape index (κ3) is 6.69. The minimum absolute atomic E-state index is 0.000280. The predicted molar refractivity (Wildman–Crippen MR) is 141 cm³/mol. The van der Waals surface area contributed by atoms with Gasteiger partial charge in [-0.05, 0) is 50.7 Å². The van der Waals surface area contributed by atoms with Crippen molar-refractivity contribution >= 4 is 23.0 Å². The van der Waals surface area contributed by atoms with E-state index in [2.05, 4.69) is 13.0 Å². The summed E-state index contributed by atoms with van der Waals surface area (Å²) in [5.74, 6) is 1.92. The van der Waals surface area contributed by atoms with Gasteiger partial charge in [0, 0.05) is 65.9 Å². The lowest BCUT2D eigenvalue weighted by molar-refractivity contribution is 0.0830. The first kappa shape index (κ1) is 25.8. The molecular formula is C28H35ClFN3O2. The molecule has 1 fully saturated rings. The van der Waals surface area contributed by atoms with Crippen LogP contribution in [0.15, 0.2) is 63.9 Å². The number of allylic oxidation sites excluding steroid dienone is 3. The molecule has 2 N–H and O–H groups in total. The molecule has 188 valence electrons. The highest BCUT2D eigenvalue weighted by Gasteiger charge is 2.28. The molecule has 0 saturated carbocycles. The zero-order valence-corrected chi connectivity index (χ0v) is 21.1.